The molecule has 0 aliphatic rings. The van der Waals surface area contributed by atoms with Crippen LogP contribution in [0.4, 0.5) is 13.2 Å². The molecule has 0 nitrogen and oxygen atoms in total. The van der Waals surface area contributed by atoms with Crippen molar-refractivity contribution in [2.75, 3.05) is 0 Å². The van der Waals surface area contributed by atoms with E-state index in [4.69, 9.17) is 0 Å². The summed E-state index contributed by atoms with van der Waals surface area (Å²) < 4.78 is 40.7. The zero-order chi connectivity index (χ0) is 17.7. The van der Waals surface area contributed by atoms with Crippen molar-refractivity contribution in [3.05, 3.63) is 83.7 Å². The number of rotatable bonds is 2. The summed E-state index contributed by atoms with van der Waals surface area (Å²) in [6.07, 6.45) is 0. The molecule has 25 heavy (non-hydrogen) atoms. The molecule has 0 aliphatic carbocycles. The average Bonchev–Trinajstić information content (AvgIpc) is 2.56. The summed E-state index contributed by atoms with van der Waals surface area (Å²) in [6.45, 7) is 1.98. The Kier molecular flexibility index (Phi) is 10.1. The molecule has 6 heteroatoms. The second-order valence-electron chi connectivity index (χ2n) is 5.13. The van der Waals surface area contributed by atoms with E-state index in [0.29, 0.717) is 5.56 Å². The summed E-state index contributed by atoms with van der Waals surface area (Å²) in [6, 6.07) is 16.3. The van der Waals surface area contributed by atoms with Crippen LogP contribution >= 0.6 is 37.2 Å². The van der Waals surface area contributed by atoms with Crippen molar-refractivity contribution in [1.82, 2.24) is 0 Å². The summed E-state index contributed by atoms with van der Waals surface area (Å²) >= 11 is 4.24. The van der Waals surface area contributed by atoms with Crippen molar-refractivity contribution >= 4 is 37.2 Å². The van der Waals surface area contributed by atoms with Crippen LogP contribution in [0.25, 0.3) is 22.3 Å². The Morgan fingerprint density at radius 2 is 1.24 bits per heavy atom. The molecule has 1 radical (unpaired) electrons. The van der Waals surface area contributed by atoms with E-state index in [0.717, 1.165) is 23.3 Å². The van der Waals surface area contributed by atoms with Gasteiger partial charge in [0.05, 0.1) is 0 Å². The van der Waals surface area contributed by atoms with Gasteiger partial charge in [-0.3, -0.25) is 0 Å². The third kappa shape index (κ3) is 6.29. The van der Waals surface area contributed by atoms with Gasteiger partial charge >= 0.3 is 0 Å². The number of hydrogen-bond donors (Lipinski definition) is 0. The summed E-state index contributed by atoms with van der Waals surface area (Å²) in [4.78, 5) is 0. The Morgan fingerprint density at radius 1 is 0.720 bits per heavy atom. The topological polar surface area (TPSA) is 0 Å². The second-order valence-corrected chi connectivity index (χ2v) is 5.13. The largest absolute Gasteiger partial charge is 0.236 e. The van der Waals surface area contributed by atoms with Gasteiger partial charge in [-0.25, -0.2) is 13.2 Å². The fourth-order valence-electron chi connectivity index (χ4n) is 2.33. The molecule has 0 heterocycles. The van der Waals surface area contributed by atoms with Crippen molar-refractivity contribution in [2.45, 2.75) is 6.92 Å². The molecule has 0 aliphatic heterocycles. The predicted octanol–water partition coefficient (Wildman–Crippen LogP) is 7.32. The molecule has 0 atom stereocenters. The maximum absolute atomic E-state index is 14.3. The van der Waals surface area contributed by atoms with Crippen LogP contribution in [0.5, 0.6) is 0 Å². The molecular weight excluding hydrogens is 628 g/mol. The van der Waals surface area contributed by atoms with Crippen LogP contribution in [0, 0.1) is 30.4 Å². The Labute approximate surface area is 193 Å². The molecule has 0 aromatic heterocycles. The van der Waals surface area contributed by atoms with Gasteiger partial charge in [0.2, 0.25) is 0 Å². The standard InChI is InChI=1S/C19H12F3.I2.Y/c1-12-2-4-13(5-3-12)14-6-7-18(19(22)10-14)15-8-16(20)11-17(21)9-15;1-2;/h2-10H,1H3;;/q-1;;. The summed E-state index contributed by atoms with van der Waals surface area (Å²) in [7, 11) is 0. The molecule has 0 saturated heterocycles. The molecule has 0 fully saturated rings. The quantitative estimate of drug-likeness (QED) is 0.204. The second kappa shape index (κ2) is 11.0. The minimum absolute atomic E-state index is 0. The van der Waals surface area contributed by atoms with Gasteiger partial charge in [0, 0.05) is 81.6 Å². The van der Waals surface area contributed by atoms with E-state index in [9.17, 15) is 13.2 Å². The van der Waals surface area contributed by atoms with Gasteiger partial charge in [0.1, 0.15) is 5.82 Å². The minimum Gasteiger partial charge on any atom is -0.236 e. The monoisotopic (exact) mass is 640 g/mol. The summed E-state index contributed by atoms with van der Waals surface area (Å²) in [5.41, 5.74) is 3.02. The maximum Gasteiger partial charge on any atom is 0.129 e. The Morgan fingerprint density at radius 3 is 1.76 bits per heavy atom. The first-order valence-electron chi connectivity index (χ1n) is 6.92. The molecule has 0 N–H and O–H groups in total. The smallest absolute Gasteiger partial charge is 0.129 e. The number of aryl methyl sites for hydroxylation is 1. The van der Waals surface area contributed by atoms with Gasteiger partial charge in [-0.15, -0.1) is 23.8 Å². The van der Waals surface area contributed by atoms with Gasteiger partial charge in [-0.05, 0) is 29.7 Å². The third-order valence-corrected chi connectivity index (χ3v) is 3.47. The van der Waals surface area contributed by atoms with Gasteiger partial charge < -0.3 is 0 Å². The molecule has 0 spiro atoms. The Bertz CT molecular complexity index is 816. The number of benzene rings is 3. The zero-order valence-corrected chi connectivity index (χ0v) is 20.3. The minimum atomic E-state index is -0.850. The molecule has 3 aromatic carbocycles. The van der Waals surface area contributed by atoms with Crippen molar-refractivity contribution in [2.24, 2.45) is 0 Å². The van der Waals surface area contributed by atoms with E-state index in [1.165, 1.54) is 12.1 Å². The molecular formula is C19H12F3I2Y-. The van der Waals surface area contributed by atoms with E-state index in [2.05, 4.69) is 37.2 Å². The van der Waals surface area contributed by atoms with Gasteiger partial charge in [-0.1, -0.05) is 42.0 Å². The van der Waals surface area contributed by atoms with Crippen LogP contribution < -0.4 is 0 Å². The molecule has 127 valence electrons. The van der Waals surface area contributed by atoms with Crippen molar-refractivity contribution in [3.63, 3.8) is 0 Å². The first kappa shape index (κ1) is 23.1. The number of hydrogen-bond acceptors (Lipinski definition) is 0. The van der Waals surface area contributed by atoms with Gasteiger partial charge in [0.15, 0.2) is 0 Å². The van der Waals surface area contributed by atoms with E-state index in [1.54, 1.807) is 6.07 Å². The van der Waals surface area contributed by atoms with Crippen LogP contribution in [-0.2, 0) is 32.7 Å². The van der Waals surface area contributed by atoms with E-state index >= 15 is 0 Å². The Balaban J connectivity index is 0.00000101. The first-order chi connectivity index (χ1) is 11.5. The normalized spacial score (nSPS) is 9.68. The predicted molar refractivity (Wildman–Crippen MR) is 109 cm³/mol. The van der Waals surface area contributed by atoms with Crippen LogP contribution in [-0.4, -0.2) is 0 Å². The summed E-state index contributed by atoms with van der Waals surface area (Å²) in [5.74, 6) is -2.22. The molecule has 0 unspecified atom stereocenters. The SMILES string of the molecule is Cc1ccc(-c2ccc(-c3cc(F)[c-]c(F)c3)c(F)c2)cc1.II.[Y]. The van der Waals surface area contributed by atoms with Crippen molar-refractivity contribution < 1.29 is 45.9 Å². The molecule has 3 rings (SSSR count). The van der Waals surface area contributed by atoms with Crippen LogP contribution in [0.1, 0.15) is 5.56 Å². The first-order valence-corrected chi connectivity index (χ1v) is 13.2. The Hall–Kier alpha value is 0.0139. The van der Waals surface area contributed by atoms with Gasteiger partial charge in [-0.2, -0.15) is 0 Å². The van der Waals surface area contributed by atoms with E-state index in [1.807, 2.05) is 37.3 Å². The van der Waals surface area contributed by atoms with Crippen molar-refractivity contribution in [1.29, 1.82) is 0 Å². The zero-order valence-electron chi connectivity index (χ0n) is 13.2. The molecule has 0 amide bonds. The van der Waals surface area contributed by atoms with Gasteiger partial charge in [0.25, 0.3) is 0 Å². The van der Waals surface area contributed by atoms with E-state index in [-0.39, 0.29) is 43.8 Å². The van der Waals surface area contributed by atoms with Crippen LogP contribution in [0.2, 0.25) is 0 Å². The average molecular weight is 640 g/mol. The maximum atomic E-state index is 14.3. The van der Waals surface area contributed by atoms with Crippen LogP contribution in [0.3, 0.4) is 0 Å². The third-order valence-electron chi connectivity index (χ3n) is 3.47. The molecule has 0 saturated carbocycles. The fourth-order valence-corrected chi connectivity index (χ4v) is 2.33. The fraction of sp³-hybridized carbons (Fsp3) is 0.0526. The summed E-state index contributed by atoms with van der Waals surface area (Å²) in [5, 5.41) is 0. The van der Waals surface area contributed by atoms with Crippen LogP contribution in [0.15, 0.2) is 54.6 Å². The molecule has 0 bridgehead atoms. The molecule has 3 aromatic rings. The van der Waals surface area contributed by atoms with Crippen molar-refractivity contribution in [3.8, 4) is 22.3 Å². The van der Waals surface area contributed by atoms with E-state index < -0.39 is 17.5 Å². The number of halogens is 5.